The van der Waals surface area contributed by atoms with Crippen molar-refractivity contribution >= 4 is 12.0 Å². The highest BCUT2D eigenvalue weighted by Crippen LogP contribution is 2.06. The van der Waals surface area contributed by atoms with Gasteiger partial charge in [-0.1, -0.05) is 0 Å². The maximum absolute atomic E-state index is 11.8. The number of carbonyl (C=O) groups is 2. The van der Waals surface area contributed by atoms with Gasteiger partial charge in [0.05, 0.1) is 0 Å². The molecule has 128 valence electrons. The number of hydrogen-bond donors (Lipinski definition) is 3. The standard InChI is InChI=1S/C13H21N5O5/c1-8(16-12(22)23-13(2,3)4)9(19)14-5-6-18-7-15-17-10(20)11(18)21/h7-8H,5-6H2,1-4H3,(H,14,19)(H,16,22)(H,17,20). The predicted molar refractivity (Wildman–Crippen MR) is 81.0 cm³/mol. The van der Waals surface area contributed by atoms with Crippen LogP contribution in [0.5, 0.6) is 0 Å². The fourth-order valence-electron chi connectivity index (χ4n) is 1.55. The Hall–Kier alpha value is -2.65. The van der Waals surface area contributed by atoms with E-state index in [-0.39, 0.29) is 13.1 Å². The van der Waals surface area contributed by atoms with Gasteiger partial charge in [0.2, 0.25) is 5.91 Å². The number of rotatable bonds is 5. The zero-order valence-corrected chi connectivity index (χ0v) is 13.5. The highest BCUT2D eigenvalue weighted by molar-refractivity contribution is 5.85. The van der Waals surface area contributed by atoms with E-state index in [1.807, 2.05) is 5.10 Å². The van der Waals surface area contributed by atoms with Crippen molar-refractivity contribution in [1.29, 1.82) is 0 Å². The van der Waals surface area contributed by atoms with Crippen LogP contribution in [-0.4, -0.2) is 45.0 Å². The summed E-state index contributed by atoms with van der Waals surface area (Å²) in [6.45, 7) is 6.82. The van der Waals surface area contributed by atoms with Crippen molar-refractivity contribution in [2.45, 2.75) is 45.9 Å². The fourth-order valence-corrected chi connectivity index (χ4v) is 1.55. The molecule has 1 aromatic rings. The zero-order chi connectivity index (χ0) is 17.6. The SMILES string of the molecule is CC(NC(=O)OC(C)(C)C)C(=O)NCCn1cn[nH]c(=O)c1=O. The molecule has 0 saturated heterocycles. The van der Waals surface area contributed by atoms with Gasteiger partial charge in [-0.2, -0.15) is 5.10 Å². The molecule has 10 heteroatoms. The normalized spacial score (nSPS) is 12.3. The van der Waals surface area contributed by atoms with E-state index in [9.17, 15) is 19.2 Å². The maximum Gasteiger partial charge on any atom is 0.408 e. The zero-order valence-electron chi connectivity index (χ0n) is 13.5. The van der Waals surface area contributed by atoms with Gasteiger partial charge in [0.15, 0.2) is 0 Å². The second-order valence-electron chi connectivity index (χ2n) is 5.84. The molecule has 1 heterocycles. The van der Waals surface area contributed by atoms with Gasteiger partial charge in [0, 0.05) is 13.1 Å². The Balaban J connectivity index is 2.44. The highest BCUT2D eigenvalue weighted by Gasteiger charge is 2.20. The number of aromatic nitrogens is 3. The number of hydrogen-bond acceptors (Lipinski definition) is 6. The summed E-state index contributed by atoms with van der Waals surface area (Å²) >= 11 is 0. The van der Waals surface area contributed by atoms with Crippen LogP contribution in [0, 0.1) is 0 Å². The molecular weight excluding hydrogens is 306 g/mol. The minimum absolute atomic E-state index is 0.0840. The average molecular weight is 327 g/mol. The Labute approximate surface area is 132 Å². The number of amides is 2. The molecule has 0 radical (unpaired) electrons. The summed E-state index contributed by atoms with van der Waals surface area (Å²) in [7, 11) is 0. The van der Waals surface area contributed by atoms with Gasteiger partial charge in [0.25, 0.3) is 0 Å². The monoisotopic (exact) mass is 327 g/mol. The lowest BCUT2D eigenvalue weighted by Crippen LogP contribution is -2.47. The van der Waals surface area contributed by atoms with Gasteiger partial charge in [-0.05, 0) is 27.7 Å². The molecule has 0 bridgehead atoms. The number of nitrogens with one attached hydrogen (secondary N) is 3. The van der Waals surface area contributed by atoms with Crippen LogP contribution < -0.4 is 21.8 Å². The Morgan fingerprint density at radius 3 is 2.65 bits per heavy atom. The van der Waals surface area contributed by atoms with Crippen LogP contribution in [0.1, 0.15) is 27.7 Å². The number of H-pyrrole nitrogens is 1. The first-order chi connectivity index (χ1) is 10.6. The molecule has 1 unspecified atom stereocenters. The molecule has 0 aliphatic rings. The van der Waals surface area contributed by atoms with Gasteiger partial charge >= 0.3 is 17.2 Å². The van der Waals surface area contributed by atoms with Crippen LogP contribution in [0.25, 0.3) is 0 Å². The molecule has 0 fully saturated rings. The molecule has 2 amide bonds. The minimum atomic E-state index is -0.834. The van der Waals surface area contributed by atoms with E-state index in [1.165, 1.54) is 6.92 Å². The van der Waals surface area contributed by atoms with Crippen LogP contribution in [-0.2, 0) is 16.1 Å². The van der Waals surface area contributed by atoms with Crippen molar-refractivity contribution in [3.05, 3.63) is 27.0 Å². The van der Waals surface area contributed by atoms with Gasteiger partial charge in [-0.15, -0.1) is 0 Å². The Morgan fingerprint density at radius 2 is 2.04 bits per heavy atom. The van der Waals surface area contributed by atoms with Gasteiger partial charge in [-0.3, -0.25) is 19.0 Å². The van der Waals surface area contributed by atoms with Crippen molar-refractivity contribution in [3.8, 4) is 0 Å². The van der Waals surface area contributed by atoms with Crippen LogP contribution in [0.3, 0.4) is 0 Å². The Bertz CT molecular complexity index is 672. The van der Waals surface area contributed by atoms with Crippen molar-refractivity contribution in [2.24, 2.45) is 0 Å². The van der Waals surface area contributed by atoms with Crippen molar-refractivity contribution in [1.82, 2.24) is 25.4 Å². The second-order valence-corrected chi connectivity index (χ2v) is 5.84. The third kappa shape index (κ3) is 6.32. The number of ether oxygens (including phenoxy) is 1. The summed E-state index contributed by atoms with van der Waals surface area (Å²) in [5.74, 6) is -0.443. The van der Waals surface area contributed by atoms with E-state index >= 15 is 0 Å². The Morgan fingerprint density at radius 1 is 1.39 bits per heavy atom. The smallest absolute Gasteiger partial charge is 0.408 e. The van der Waals surface area contributed by atoms with Crippen molar-refractivity contribution in [3.63, 3.8) is 0 Å². The summed E-state index contributed by atoms with van der Waals surface area (Å²) in [5, 5.41) is 10.4. The largest absolute Gasteiger partial charge is 0.444 e. The lowest BCUT2D eigenvalue weighted by molar-refractivity contribution is -0.122. The second kappa shape index (κ2) is 7.56. The van der Waals surface area contributed by atoms with E-state index in [4.69, 9.17) is 4.74 Å². The molecule has 23 heavy (non-hydrogen) atoms. The number of aromatic amines is 1. The van der Waals surface area contributed by atoms with Gasteiger partial charge in [0.1, 0.15) is 18.0 Å². The van der Waals surface area contributed by atoms with E-state index in [2.05, 4.69) is 15.7 Å². The molecular formula is C13H21N5O5. The summed E-state index contributed by atoms with van der Waals surface area (Å²) in [5.41, 5.74) is -2.25. The van der Waals surface area contributed by atoms with E-state index in [0.29, 0.717) is 0 Å². The first-order valence-corrected chi connectivity index (χ1v) is 7.01. The fraction of sp³-hybridized carbons (Fsp3) is 0.615. The molecule has 1 rings (SSSR count). The summed E-state index contributed by atoms with van der Waals surface area (Å²) in [6.07, 6.45) is 0.466. The summed E-state index contributed by atoms with van der Waals surface area (Å²) in [4.78, 5) is 45.9. The van der Waals surface area contributed by atoms with Gasteiger partial charge in [-0.25, -0.2) is 9.89 Å². The average Bonchev–Trinajstić information content (AvgIpc) is 2.41. The molecule has 0 spiro atoms. The predicted octanol–water partition coefficient (Wildman–Crippen LogP) is -1.04. The maximum atomic E-state index is 11.8. The van der Waals surface area contributed by atoms with Crippen LogP contribution in [0.15, 0.2) is 15.9 Å². The molecule has 1 atom stereocenters. The summed E-state index contributed by atoms with van der Waals surface area (Å²) < 4.78 is 6.11. The molecule has 1 aromatic heterocycles. The van der Waals surface area contributed by atoms with Crippen LogP contribution >= 0.6 is 0 Å². The highest BCUT2D eigenvalue weighted by atomic mass is 16.6. The third-order valence-electron chi connectivity index (χ3n) is 2.60. The van der Waals surface area contributed by atoms with E-state index in [1.54, 1.807) is 20.8 Å². The molecule has 0 aliphatic carbocycles. The quantitative estimate of drug-likeness (QED) is 0.591. The van der Waals surface area contributed by atoms with E-state index in [0.717, 1.165) is 10.9 Å². The molecule has 10 nitrogen and oxygen atoms in total. The van der Waals surface area contributed by atoms with Gasteiger partial charge < -0.3 is 15.4 Å². The third-order valence-corrected chi connectivity index (χ3v) is 2.60. The number of alkyl carbamates (subject to hydrolysis) is 1. The molecule has 0 saturated carbocycles. The first-order valence-electron chi connectivity index (χ1n) is 7.01. The lowest BCUT2D eigenvalue weighted by Gasteiger charge is -2.21. The number of carbonyl (C=O) groups excluding carboxylic acids is 2. The van der Waals surface area contributed by atoms with Crippen LogP contribution in [0.4, 0.5) is 4.79 Å². The van der Waals surface area contributed by atoms with Crippen LogP contribution in [0.2, 0.25) is 0 Å². The minimum Gasteiger partial charge on any atom is -0.444 e. The molecule has 0 aliphatic heterocycles. The van der Waals surface area contributed by atoms with Crippen molar-refractivity contribution in [2.75, 3.05) is 6.54 Å². The molecule has 0 aromatic carbocycles. The number of nitrogens with zero attached hydrogens (tertiary/aromatic N) is 2. The van der Waals surface area contributed by atoms with Crippen molar-refractivity contribution < 1.29 is 14.3 Å². The van der Waals surface area contributed by atoms with E-state index < -0.39 is 34.8 Å². The lowest BCUT2D eigenvalue weighted by atomic mass is 10.2. The molecule has 3 N–H and O–H groups in total. The first kappa shape index (κ1) is 18.4. The Kier molecular flexibility index (Phi) is 6.05. The summed E-state index contributed by atoms with van der Waals surface area (Å²) in [6, 6.07) is -0.807. The topological polar surface area (TPSA) is 135 Å².